The average molecular weight is 411 g/mol. The van der Waals surface area contributed by atoms with E-state index >= 15 is 0 Å². The number of benzene rings is 2. The van der Waals surface area contributed by atoms with Gasteiger partial charge in [-0.15, -0.1) is 0 Å². The van der Waals surface area contributed by atoms with Gasteiger partial charge < -0.3 is 25.1 Å². The van der Waals surface area contributed by atoms with Crippen LogP contribution in [0.5, 0.6) is 0 Å². The lowest BCUT2D eigenvalue weighted by Crippen LogP contribution is -2.39. The zero-order valence-electron chi connectivity index (χ0n) is 17.7. The van der Waals surface area contributed by atoms with Crippen LogP contribution in [0.25, 0.3) is 0 Å². The molecule has 0 aromatic heterocycles. The van der Waals surface area contributed by atoms with Crippen molar-refractivity contribution in [3.8, 4) is 0 Å². The molecule has 0 unspecified atom stereocenters. The van der Waals surface area contributed by atoms with E-state index in [2.05, 4.69) is 10.2 Å². The van der Waals surface area contributed by atoms with Crippen molar-refractivity contribution in [2.75, 3.05) is 45.6 Å². The van der Waals surface area contributed by atoms with E-state index in [1.807, 2.05) is 67.5 Å². The molecule has 2 amide bonds. The molecule has 1 aliphatic heterocycles. The number of nitrogens with one attached hydrogen (secondary N) is 1. The van der Waals surface area contributed by atoms with Crippen molar-refractivity contribution in [3.05, 3.63) is 65.2 Å². The molecule has 2 N–H and O–H groups in total. The van der Waals surface area contributed by atoms with Gasteiger partial charge in [0.15, 0.2) is 0 Å². The number of carboxylic acid groups (broad SMARTS) is 1. The lowest BCUT2D eigenvalue weighted by molar-refractivity contribution is -0.130. The number of carbonyl (C=O) groups is 2. The largest absolute Gasteiger partial charge is 0.465 e. The molecule has 0 radical (unpaired) electrons. The summed E-state index contributed by atoms with van der Waals surface area (Å²) >= 11 is 0. The molecule has 0 spiro atoms. The molecule has 0 saturated heterocycles. The fraction of sp³-hybridized carbons (Fsp3) is 0.391. The van der Waals surface area contributed by atoms with Crippen LogP contribution >= 0.6 is 0 Å². The molecule has 0 bridgehead atoms. The van der Waals surface area contributed by atoms with Crippen molar-refractivity contribution in [2.45, 2.75) is 19.5 Å². The first-order chi connectivity index (χ1) is 14.4. The predicted molar refractivity (Wildman–Crippen MR) is 117 cm³/mol. The summed E-state index contributed by atoms with van der Waals surface area (Å²) in [4.78, 5) is 29.6. The van der Waals surface area contributed by atoms with Gasteiger partial charge in [-0.1, -0.05) is 42.5 Å². The molecule has 160 valence electrons. The van der Waals surface area contributed by atoms with E-state index in [0.29, 0.717) is 32.6 Å². The zero-order chi connectivity index (χ0) is 21.5. The maximum atomic E-state index is 13.0. The molecule has 0 saturated carbocycles. The summed E-state index contributed by atoms with van der Waals surface area (Å²) in [5.74, 6) is 0.0429. The Morgan fingerprint density at radius 1 is 1.07 bits per heavy atom. The minimum Gasteiger partial charge on any atom is -0.465 e. The number of carbonyl (C=O) groups excluding carboxylic acids is 1. The third-order valence-electron chi connectivity index (χ3n) is 5.35. The summed E-state index contributed by atoms with van der Waals surface area (Å²) < 4.78 is 0. The van der Waals surface area contributed by atoms with Gasteiger partial charge in [0.25, 0.3) is 0 Å². The first-order valence-corrected chi connectivity index (χ1v) is 10.2. The normalized spacial score (nSPS) is 13.1. The highest BCUT2D eigenvalue weighted by molar-refractivity contribution is 5.81. The van der Waals surface area contributed by atoms with Gasteiger partial charge in [0.1, 0.15) is 0 Å². The molecular formula is C23H30N4O3. The van der Waals surface area contributed by atoms with Crippen LogP contribution in [0.1, 0.15) is 16.7 Å². The molecular weight excluding hydrogens is 380 g/mol. The summed E-state index contributed by atoms with van der Waals surface area (Å²) in [6, 6.07) is 15.8. The Labute approximate surface area is 177 Å². The topological polar surface area (TPSA) is 76.1 Å². The van der Waals surface area contributed by atoms with Crippen LogP contribution in [-0.2, 0) is 24.3 Å². The lowest BCUT2D eigenvalue weighted by Gasteiger charge is -2.29. The van der Waals surface area contributed by atoms with Crippen LogP contribution in [0.3, 0.4) is 0 Å². The first-order valence-electron chi connectivity index (χ1n) is 10.2. The standard InChI is InChI=1S/C23H30N4O3/c1-25(2)13-14-26(16-18-7-4-3-5-8-18)22(28)15-24-21-10-6-9-19-17-27(23(29)30)12-11-20(19)21/h3-10,24H,11-17H2,1-2H3,(H,29,30). The molecule has 0 aliphatic carbocycles. The maximum absolute atomic E-state index is 13.0. The fourth-order valence-electron chi connectivity index (χ4n) is 3.64. The van der Waals surface area contributed by atoms with Gasteiger partial charge >= 0.3 is 6.09 Å². The van der Waals surface area contributed by atoms with E-state index in [9.17, 15) is 14.7 Å². The number of nitrogens with zero attached hydrogens (tertiary/aromatic N) is 3. The smallest absolute Gasteiger partial charge is 0.407 e. The van der Waals surface area contributed by atoms with Gasteiger partial charge in [0.2, 0.25) is 5.91 Å². The molecule has 1 aliphatic rings. The van der Waals surface area contributed by atoms with E-state index in [0.717, 1.165) is 28.9 Å². The molecule has 3 rings (SSSR count). The van der Waals surface area contributed by atoms with Crippen LogP contribution in [0.15, 0.2) is 48.5 Å². The van der Waals surface area contributed by atoms with Crippen molar-refractivity contribution in [1.29, 1.82) is 0 Å². The Morgan fingerprint density at radius 3 is 2.53 bits per heavy atom. The minimum absolute atomic E-state index is 0.0429. The Kier molecular flexibility index (Phi) is 7.30. The highest BCUT2D eigenvalue weighted by Crippen LogP contribution is 2.26. The van der Waals surface area contributed by atoms with Gasteiger partial charge in [-0.05, 0) is 43.3 Å². The number of hydrogen-bond donors (Lipinski definition) is 2. The summed E-state index contributed by atoms with van der Waals surface area (Å²) in [6.45, 7) is 3.09. The average Bonchev–Trinajstić information content (AvgIpc) is 2.75. The van der Waals surface area contributed by atoms with E-state index in [1.165, 1.54) is 4.90 Å². The number of rotatable bonds is 8. The predicted octanol–water partition coefficient (Wildman–Crippen LogP) is 2.73. The minimum atomic E-state index is -0.897. The molecule has 1 heterocycles. The zero-order valence-corrected chi connectivity index (χ0v) is 17.7. The van der Waals surface area contributed by atoms with Gasteiger partial charge in [0, 0.05) is 38.4 Å². The summed E-state index contributed by atoms with van der Waals surface area (Å²) in [6.07, 6.45) is -0.250. The van der Waals surface area contributed by atoms with Crippen molar-refractivity contribution in [2.24, 2.45) is 0 Å². The summed E-state index contributed by atoms with van der Waals surface area (Å²) in [5, 5.41) is 12.5. The SMILES string of the molecule is CN(C)CCN(Cc1ccccc1)C(=O)CNc1cccc2c1CCN(C(=O)O)C2. The Morgan fingerprint density at radius 2 is 1.83 bits per heavy atom. The highest BCUT2D eigenvalue weighted by Gasteiger charge is 2.22. The van der Waals surface area contributed by atoms with Crippen LogP contribution in [0, 0.1) is 0 Å². The van der Waals surface area contributed by atoms with Gasteiger partial charge in [-0.25, -0.2) is 4.79 Å². The van der Waals surface area contributed by atoms with Crippen LogP contribution in [-0.4, -0.2) is 72.1 Å². The second kappa shape index (κ2) is 10.1. The number of anilines is 1. The molecule has 30 heavy (non-hydrogen) atoms. The molecule has 0 fully saturated rings. The first kappa shape index (κ1) is 21.6. The Bertz CT molecular complexity index is 870. The number of amides is 2. The molecule has 0 atom stereocenters. The maximum Gasteiger partial charge on any atom is 0.407 e. The highest BCUT2D eigenvalue weighted by atomic mass is 16.4. The molecule has 2 aromatic rings. The second-order valence-electron chi connectivity index (χ2n) is 7.86. The van der Waals surface area contributed by atoms with E-state index in [4.69, 9.17) is 0 Å². The Balaban J connectivity index is 1.66. The molecule has 2 aromatic carbocycles. The van der Waals surface area contributed by atoms with Crippen molar-refractivity contribution < 1.29 is 14.7 Å². The second-order valence-corrected chi connectivity index (χ2v) is 7.86. The van der Waals surface area contributed by atoms with Crippen molar-refractivity contribution in [3.63, 3.8) is 0 Å². The quantitative estimate of drug-likeness (QED) is 0.700. The van der Waals surface area contributed by atoms with E-state index in [-0.39, 0.29) is 12.5 Å². The van der Waals surface area contributed by atoms with E-state index < -0.39 is 6.09 Å². The van der Waals surface area contributed by atoms with Crippen LogP contribution in [0.2, 0.25) is 0 Å². The lowest BCUT2D eigenvalue weighted by atomic mass is 9.98. The third kappa shape index (κ3) is 5.73. The number of fused-ring (bicyclic) bond motifs is 1. The van der Waals surface area contributed by atoms with Gasteiger partial charge in [0.05, 0.1) is 6.54 Å². The van der Waals surface area contributed by atoms with Crippen molar-refractivity contribution >= 4 is 17.7 Å². The monoisotopic (exact) mass is 410 g/mol. The van der Waals surface area contributed by atoms with Gasteiger partial charge in [-0.2, -0.15) is 0 Å². The van der Waals surface area contributed by atoms with Crippen LogP contribution < -0.4 is 5.32 Å². The number of hydrogen-bond acceptors (Lipinski definition) is 4. The fourth-order valence-corrected chi connectivity index (χ4v) is 3.64. The van der Waals surface area contributed by atoms with Gasteiger partial charge in [-0.3, -0.25) is 4.79 Å². The Hall–Kier alpha value is -3.06. The number of likely N-dealkylation sites (N-methyl/N-ethyl adjacent to an activating group) is 1. The summed E-state index contributed by atoms with van der Waals surface area (Å²) in [5.41, 5.74) is 4.12. The summed E-state index contributed by atoms with van der Waals surface area (Å²) in [7, 11) is 4.00. The van der Waals surface area contributed by atoms with E-state index in [1.54, 1.807) is 0 Å². The van der Waals surface area contributed by atoms with Crippen LogP contribution in [0.4, 0.5) is 10.5 Å². The molecule has 7 heteroatoms. The third-order valence-corrected chi connectivity index (χ3v) is 5.35. The van der Waals surface area contributed by atoms with Crippen molar-refractivity contribution in [1.82, 2.24) is 14.7 Å². The molecule has 7 nitrogen and oxygen atoms in total.